The number of halogens is 1. The smallest absolute Gasteiger partial charge is 0.223 e. The summed E-state index contributed by atoms with van der Waals surface area (Å²) in [6.07, 6.45) is 0. The van der Waals surface area contributed by atoms with Crippen LogP contribution in [0.5, 0.6) is 5.75 Å². The van der Waals surface area contributed by atoms with E-state index in [0.29, 0.717) is 5.75 Å². The molecule has 0 radical (unpaired) electrons. The molecule has 94 valence electrons. The zero-order valence-electron chi connectivity index (χ0n) is 9.94. The third-order valence-electron chi connectivity index (χ3n) is 2.44. The lowest BCUT2D eigenvalue weighted by Crippen LogP contribution is -2.26. The molecule has 1 aromatic carbocycles. The summed E-state index contributed by atoms with van der Waals surface area (Å²) in [5, 5.41) is 0. The van der Waals surface area contributed by atoms with Gasteiger partial charge in [-0.3, -0.25) is 4.79 Å². The predicted octanol–water partition coefficient (Wildman–Crippen LogP) is 1.97. The molecular formula is C12H17BrN2O2. The normalized spacial score (nSPS) is 14.1. The summed E-state index contributed by atoms with van der Waals surface area (Å²) in [5.41, 5.74) is 11.9. The minimum Gasteiger partial charge on any atom is -0.492 e. The molecule has 0 bridgehead atoms. The molecule has 0 aliphatic rings. The monoisotopic (exact) mass is 300 g/mol. The number of hydrogen-bond donors (Lipinski definition) is 2. The van der Waals surface area contributed by atoms with E-state index in [4.69, 9.17) is 16.2 Å². The summed E-state index contributed by atoms with van der Waals surface area (Å²) in [4.78, 5) is 10.9. The van der Waals surface area contributed by atoms with E-state index >= 15 is 0 Å². The summed E-state index contributed by atoms with van der Waals surface area (Å²) in [6, 6.07) is 5.48. The van der Waals surface area contributed by atoms with E-state index in [9.17, 15) is 4.79 Å². The van der Waals surface area contributed by atoms with Gasteiger partial charge in [0.1, 0.15) is 5.75 Å². The topological polar surface area (TPSA) is 78.3 Å². The first-order valence-electron chi connectivity index (χ1n) is 5.39. The van der Waals surface area contributed by atoms with Crippen LogP contribution in [-0.2, 0) is 4.79 Å². The van der Waals surface area contributed by atoms with E-state index in [0.717, 1.165) is 10.0 Å². The number of hydrogen-bond acceptors (Lipinski definition) is 3. The van der Waals surface area contributed by atoms with Crippen molar-refractivity contribution in [1.29, 1.82) is 0 Å². The van der Waals surface area contributed by atoms with Crippen LogP contribution in [0.1, 0.15) is 25.5 Å². The Balaban J connectivity index is 2.80. The fourth-order valence-corrected chi connectivity index (χ4v) is 1.68. The van der Waals surface area contributed by atoms with Gasteiger partial charge in [0.2, 0.25) is 5.91 Å². The maximum absolute atomic E-state index is 10.9. The van der Waals surface area contributed by atoms with Crippen LogP contribution in [0.15, 0.2) is 22.7 Å². The van der Waals surface area contributed by atoms with Gasteiger partial charge in [-0.15, -0.1) is 0 Å². The van der Waals surface area contributed by atoms with Crippen LogP contribution in [-0.4, -0.2) is 12.5 Å². The molecule has 0 fully saturated rings. The van der Waals surface area contributed by atoms with Crippen LogP contribution in [0.3, 0.4) is 0 Å². The van der Waals surface area contributed by atoms with Crippen molar-refractivity contribution in [2.45, 2.75) is 19.9 Å². The van der Waals surface area contributed by atoms with Gasteiger partial charge in [0.05, 0.1) is 12.5 Å². The maximum atomic E-state index is 10.9. The Morgan fingerprint density at radius 2 is 2.12 bits per heavy atom. The molecule has 2 atom stereocenters. The Kier molecular flexibility index (Phi) is 4.96. The summed E-state index contributed by atoms with van der Waals surface area (Å²) < 4.78 is 6.52. The molecule has 0 spiro atoms. The molecule has 17 heavy (non-hydrogen) atoms. The van der Waals surface area contributed by atoms with E-state index in [1.807, 2.05) is 25.1 Å². The molecule has 0 aromatic heterocycles. The summed E-state index contributed by atoms with van der Waals surface area (Å²) in [6.45, 7) is 3.87. The van der Waals surface area contributed by atoms with Crippen molar-refractivity contribution < 1.29 is 9.53 Å². The highest BCUT2D eigenvalue weighted by molar-refractivity contribution is 9.10. The molecule has 0 aliphatic heterocycles. The molecule has 0 aliphatic carbocycles. The van der Waals surface area contributed by atoms with Crippen molar-refractivity contribution in [2.75, 3.05) is 6.61 Å². The highest BCUT2D eigenvalue weighted by Gasteiger charge is 2.13. The number of carbonyl (C=O) groups is 1. The lowest BCUT2D eigenvalue weighted by atomic mass is 10.1. The van der Waals surface area contributed by atoms with Crippen LogP contribution in [0.25, 0.3) is 0 Å². The fraction of sp³-hybridized carbons (Fsp3) is 0.417. The first-order valence-corrected chi connectivity index (χ1v) is 6.18. The summed E-state index contributed by atoms with van der Waals surface area (Å²) in [5.74, 6) is 0.000311. The van der Waals surface area contributed by atoms with Gasteiger partial charge in [-0.05, 0) is 25.1 Å². The number of benzene rings is 1. The molecule has 2 unspecified atom stereocenters. The summed E-state index contributed by atoms with van der Waals surface area (Å²) in [7, 11) is 0. The third kappa shape index (κ3) is 4.02. The second-order valence-electron chi connectivity index (χ2n) is 4.09. The Morgan fingerprint density at radius 3 is 2.65 bits per heavy atom. The largest absolute Gasteiger partial charge is 0.492 e. The van der Waals surface area contributed by atoms with Crippen molar-refractivity contribution in [3.05, 3.63) is 28.2 Å². The first-order chi connectivity index (χ1) is 7.91. The second-order valence-corrected chi connectivity index (χ2v) is 5.00. The molecular weight excluding hydrogens is 284 g/mol. The molecule has 4 nitrogen and oxygen atoms in total. The fourth-order valence-electron chi connectivity index (χ4n) is 1.30. The average molecular weight is 301 g/mol. The Bertz CT molecular complexity index is 407. The Hall–Kier alpha value is -1.07. The van der Waals surface area contributed by atoms with E-state index in [-0.39, 0.29) is 24.5 Å². The quantitative estimate of drug-likeness (QED) is 0.872. The lowest BCUT2D eigenvalue weighted by molar-refractivity contribution is -0.122. The van der Waals surface area contributed by atoms with Gasteiger partial charge in [-0.1, -0.05) is 22.9 Å². The predicted molar refractivity (Wildman–Crippen MR) is 70.6 cm³/mol. The van der Waals surface area contributed by atoms with E-state index in [2.05, 4.69) is 15.9 Å². The SMILES string of the molecule is CC(COc1ccc(Br)cc1C(C)N)C(N)=O. The van der Waals surface area contributed by atoms with Crippen LogP contribution in [0, 0.1) is 5.92 Å². The van der Waals surface area contributed by atoms with Crippen molar-refractivity contribution in [3.8, 4) is 5.75 Å². The number of rotatable bonds is 5. The van der Waals surface area contributed by atoms with Gasteiger partial charge >= 0.3 is 0 Å². The van der Waals surface area contributed by atoms with E-state index < -0.39 is 0 Å². The maximum Gasteiger partial charge on any atom is 0.223 e. The zero-order valence-corrected chi connectivity index (χ0v) is 11.5. The molecule has 0 heterocycles. The highest BCUT2D eigenvalue weighted by Crippen LogP contribution is 2.27. The van der Waals surface area contributed by atoms with Crippen LogP contribution in [0.2, 0.25) is 0 Å². The van der Waals surface area contributed by atoms with Crippen LogP contribution in [0.4, 0.5) is 0 Å². The molecule has 1 aromatic rings. The molecule has 1 rings (SSSR count). The molecule has 0 saturated heterocycles. The number of primary amides is 1. The zero-order chi connectivity index (χ0) is 13.0. The molecule has 5 heteroatoms. The van der Waals surface area contributed by atoms with Crippen molar-refractivity contribution >= 4 is 21.8 Å². The van der Waals surface area contributed by atoms with Crippen molar-refractivity contribution in [2.24, 2.45) is 17.4 Å². The van der Waals surface area contributed by atoms with E-state index in [1.54, 1.807) is 6.92 Å². The number of nitrogens with two attached hydrogens (primary N) is 2. The third-order valence-corrected chi connectivity index (χ3v) is 2.93. The highest BCUT2D eigenvalue weighted by atomic mass is 79.9. The van der Waals surface area contributed by atoms with E-state index in [1.165, 1.54) is 0 Å². The van der Waals surface area contributed by atoms with Gasteiger partial charge in [0.15, 0.2) is 0 Å². The number of amides is 1. The lowest BCUT2D eigenvalue weighted by Gasteiger charge is -2.16. The minimum absolute atomic E-state index is 0.133. The van der Waals surface area contributed by atoms with Gasteiger partial charge in [-0.25, -0.2) is 0 Å². The van der Waals surface area contributed by atoms with Gasteiger partial charge in [-0.2, -0.15) is 0 Å². The standard InChI is InChI=1S/C12H17BrN2O2/c1-7(12(15)16)6-17-11-4-3-9(13)5-10(11)8(2)14/h3-5,7-8H,6,14H2,1-2H3,(H2,15,16). The number of ether oxygens (including phenoxy) is 1. The average Bonchev–Trinajstić information content (AvgIpc) is 2.26. The number of carbonyl (C=O) groups excluding carboxylic acids is 1. The van der Waals surface area contributed by atoms with Crippen molar-refractivity contribution in [3.63, 3.8) is 0 Å². The van der Waals surface area contributed by atoms with Crippen LogP contribution < -0.4 is 16.2 Å². The molecule has 4 N–H and O–H groups in total. The second kappa shape index (κ2) is 6.02. The minimum atomic E-state index is -0.371. The first kappa shape index (κ1) is 14.0. The van der Waals surface area contributed by atoms with Crippen molar-refractivity contribution in [1.82, 2.24) is 0 Å². The molecule has 0 saturated carbocycles. The Labute approximate surface area is 109 Å². The van der Waals surface area contributed by atoms with Gasteiger partial charge in [0, 0.05) is 16.1 Å². The van der Waals surface area contributed by atoms with Gasteiger partial charge < -0.3 is 16.2 Å². The molecule has 1 amide bonds. The Morgan fingerprint density at radius 1 is 1.47 bits per heavy atom. The van der Waals surface area contributed by atoms with Gasteiger partial charge in [0.25, 0.3) is 0 Å². The van der Waals surface area contributed by atoms with Crippen LogP contribution >= 0.6 is 15.9 Å². The summed E-state index contributed by atoms with van der Waals surface area (Å²) >= 11 is 3.38.